The largest absolute Gasteiger partial charge is 0.444 e. The van der Waals surface area contributed by atoms with Gasteiger partial charge in [-0.1, -0.05) is 0 Å². The van der Waals surface area contributed by atoms with Crippen LogP contribution in [0.4, 0.5) is 10.7 Å². The van der Waals surface area contributed by atoms with Gasteiger partial charge in [0.15, 0.2) is 0 Å². The molecule has 2 aromatic heterocycles. The summed E-state index contributed by atoms with van der Waals surface area (Å²) < 4.78 is 6.97. The lowest BCUT2D eigenvalue weighted by Crippen LogP contribution is -2.38. The molecular formula is C20H25N5O3. The lowest BCUT2D eigenvalue weighted by Gasteiger charge is -2.26. The smallest absolute Gasteiger partial charge is 0.410 e. The molecule has 8 heteroatoms. The van der Waals surface area contributed by atoms with Crippen molar-refractivity contribution in [3.8, 4) is 11.3 Å². The van der Waals surface area contributed by atoms with E-state index in [0.717, 1.165) is 5.56 Å². The molecule has 2 aliphatic rings. The van der Waals surface area contributed by atoms with Crippen LogP contribution < -0.4 is 10.9 Å². The maximum absolute atomic E-state index is 12.4. The Balaban J connectivity index is 1.44. The molecule has 1 amide bonds. The quantitative estimate of drug-likeness (QED) is 0.873. The van der Waals surface area contributed by atoms with Crippen LogP contribution in [0.1, 0.15) is 20.8 Å². The van der Waals surface area contributed by atoms with Crippen molar-refractivity contribution in [1.82, 2.24) is 19.4 Å². The maximum Gasteiger partial charge on any atom is 0.410 e. The van der Waals surface area contributed by atoms with Crippen molar-refractivity contribution in [3.05, 3.63) is 40.9 Å². The summed E-state index contributed by atoms with van der Waals surface area (Å²) >= 11 is 0. The molecular weight excluding hydrogens is 358 g/mol. The fraction of sp³-hybridized carbons (Fsp3) is 0.500. The van der Waals surface area contributed by atoms with Gasteiger partial charge in [-0.3, -0.25) is 14.3 Å². The zero-order valence-corrected chi connectivity index (χ0v) is 16.5. The summed E-state index contributed by atoms with van der Waals surface area (Å²) in [5.74, 6) is 1.26. The number of aromatic nitrogens is 3. The number of nitrogens with zero attached hydrogens (tertiary/aromatic N) is 4. The topological polar surface area (TPSA) is 89.3 Å². The predicted octanol–water partition coefficient (Wildman–Crippen LogP) is 2.12. The van der Waals surface area contributed by atoms with E-state index in [1.807, 2.05) is 32.9 Å². The number of hydrogen-bond acceptors (Lipinski definition) is 6. The van der Waals surface area contributed by atoms with Crippen LogP contribution in [0.2, 0.25) is 0 Å². The van der Waals surface area contributed by atoms with Crippen LogP contribution in [0.3, 0.4) is 0 Å². The molecule has 0 radical (unpaired) electrons. The molecule has 8 nitrogen and oxygen atoms in total. The number of carbonyl (C=O) groups excluding carboxylic acids is 1. The first-order valence-corrected chi connectivity index (χ1v) is 9.46. The lowest BCUT2D eigenvalue weighted by molar-refractivity contribution is 0.0272. The van der Waals surface area contributed by atoms with Crippen LogP contribution >= 0.6 is 0 Å². The van der Waals surface area contributed by atoms with Crippen molar-refractivity contribution in [1.29, 1.82) is 0 Å². The van der Waals surface area contributed by atoms with Crippen molar-refractivity contribution in [3.63, 3.8) is 0 Å². The van der Waals surface area contributed by atoms with E-state index in [1.54, 1.807) is 24.3 Å². The third-order valence-corrected chi connectivity index (χ3v) is 5.25. The summed E-state index contributed by atoms with van der Waals surface area (Å²) in [6.45, 7) is 6.93. The van der Waals surface area contributed by atoms with Gasteiger partial charge in [0.05, 0.1) is 5.69 Å². The normalized spacial score (nSPS) is 23.3. The van der Waals surface area contributed by atoms with Gasteiger partial charge in [0.1, 0.15) is 5.60 Å². The Morgan fingerprint density at radius 3 is 2.46 bits per heavy atom. The predicted molar refractivity (Wildman–Crippen MR) is 105 cm³/mol. The molecule has 1 aliphatic carbocycles. The minimum absolute atomic E-state index is 0.120. The van der Waals surface area contributed by atoms with Crippen molar-refractivity contribution in [2.45, 2.75) is 32.4 Å². The molecule has 3 atom stereocenters. The van der Waals surface area contributed by atoms with E-state index in [9.17, 15) is 9.59 Å². The van der Waals surface area contributed by atoms with Gasteiger partial charge in [0.2, 0.25) is 5.95 Å². The Bertz CT molecular complexity index is 939. The average molecular weight is 383 g/mol. The number of fused-ring (bicyclic) bond motifs is 1. The Labute approximate surface area is 163 Å². The molecule has 1 saturated carbocycles. The standard InChI is InChI=1S/C20H25N5O3/c1-20(2,3)28-19(27)25-10-13-14(11-25)17(13)23-18-22-15(9-16(26)24(18)4)12-5-7-21-8-6-12/h5-9,13-14,17H,10-11H2,1-4H3,(H,22,23)/t13-,14+,17?. The SMILES string of the molecule is Cn1c(NC2[C@H]3CN(C(=O)OC(C)(C)C)C[C@@H]23)nc(-c2ccncc2)cc1=O. The highest BCUT2D eigenvalue weighted by atomic mass is 16.6. The molecule has 1 N–H and O–H groups in total. The van der Waals surface area contributed by atoms with Crippen molar-refractivity contribution < 1.29 is 9.53 Å². The van der Waals surface area contributed by atoms with E-state index in [1.165, 1.54) is 10.6 Å². The van der Waals surface area contributed by atoms with Gasteiger partial charge >= 0.3 is 6.09 Å². The second kappa shape index (κ2) is 6.61. The molecule has 28 heavy (non-hydrogen) atoms. The lowest BCUT2D eigenvalue weighted by atomic mass is 10.2. The summed E-state index contributed by atoms with van der Waals surface area (Å²) in [5.41, 5.74) is 0.861. The van der Waals surface area contributed by atoms with E-state index >= 15 is 0 Å². The van der Waals surface area contributed by atoms with Crippen LogP contribution in [0, 0.1) is 11.8 Å². The first-order valence-electron chi connectivity index (χ1n) is 9.46. The number of carbonyl (C=O) groups is 1. The van der Waals surface area contributed by atoms with Gasteiger partial charge in [-0.25, -0.2) is 9.78 Å². The fourth-order valence-corrected chi connectivity index (χ4v) is 3.70. The van der Waals surface area contributed by atoms with Gasteiger partial charge in [-0.2, -0.15) is 0 Å². The Kier molecular flexibility index (Phi) is 4.36. The Morgan fingerprint density at radius 1 is 1.21 bits per heavy atom. The first-order chi connectivity index (χ1) is 13.2. The minimum atomic E-state index is -0.489. The molecule has 1 unspecified atom stereocenters. The Hall–Kier alpha value is -2.90. The van der Waals surface area contributed by atoms with Crippen LogP contribution in [0.5, 0.6) is 0 Å². The van der Waals surface area contributed by atoms with Gasteiger partial charge in [0.25, 0.3) is 5.56 Å². The van der Waals surface area contributed by atoms with Crippen LogP contribution in [-0.4, -0.2) is 50.3 Å². The van der Waals surface area contributed by atoms with E-state index in [2.05, 4.69) is 15.3 Å². The van der Waals surface area contributed by atoms with E-state index in [0.29, 0.717) is 36.6 Å². The molecule has 0 spiro atoms. The van der Waals surface area contributed by atoms with Crippen LogP contribution in [0.15, 0.2) is 35.4 Å². The molecule has 2 aromatic rings. The van der Waals surface area contributed by atoms with Gasteiger partial charge in [0, 0.05) is 62.0 Å². The monoisotopic (exact) mass is 383 g/mol. The van der Waals surface area contributed by atoms with Crippen LogP contribution in [0.25, 0.3) is 11.3 Å². The van der Waals surface area contributed by atoms with E-state index in [4.69, 9.17) is 4.74 Å². The zero-order chi connectivity index (χ0) is 20.1. The van der Waals surface area contributed by atoms with E-state index < -0.39 is 5.60 Å². The fourth-order valence-electron chi connectivity index (χ4n) is 3.70. The molecule has 1 saturated heterocycles. The van der Waals surface area contributed by atoms with Crippen molar-refractivity contribution in [2.75, 3.05) is 18.4 Å². The van der Waals surface area contributed by atoms with Gasteiger partial charge in [-0.15, -0.1) is 0 Å². The summed E-state index contributed by atoms with van der Waals surface area (Å²) in [4.78, 5) is 35.0. The molecule has 3 heterocycles. The second-order valence-electron chi connectivity index (χ2n) is 8.48. The minimum Gasteiger partial charge on any atom is -0.444 e. The molecule has 148 valence electrons. The highest BCUT2D eigenvalue weighted by Crippen LogP contribution is 2.47. The zero-order valence-electron chi connectivity index (χ0n) is 16.5. The summed E-state index contributed by atoms with van der Waals surface area (Å²) in [6, 6.07) is 5.40. The number of anilines is 1. The van der Waals surface area contributed by atoms with E-state index in [-0.39, 0.29) is 17.7 Å². The highest BCUT2D eigenvalue weighted by Gasteiger charge is 2.57. The molecule has 4 rings (SSSR count). The third-order valence-electron chi connectivity index (χ3n) is 5.25. The number of rotatable bonds is 3. The number of likely N-dealkylation sites (tertiary alicyclic amines) is 1. The van der Waals surface area contributed by atoms with Crippen LogP contribution in [-0.2, 0) is 11.8 Å². The molecule has 0 aromatic carbocycles. The number of nitrogens with one attached hydrogen (secondary N) is 1. The molecule has 1 aliphatic heterocycles. The third kappa shape index (κ3) is 3.58. The molecule has 2 fully saturated rings. The molecule has 0 bridgehead atoms. The Morgan fingerprint density at radius 2 is 1.86 bits per heavy atom. The van der Waals surface area contributed by atoms with Crippen molar-refractivity contribution >= 4 is 12.0 Å². The van der Waals surface area contributed by atoms with Gasteiger partial charge in [-0.05, 0) is 32.9 Å². The summed E-state index contributed by atoms with van der Waals surface area (Å²) in [5, 5.41) is 3.40. The van der Waals surface area contributed by atoms with Crippen molar-refractivity contribution in [2.24, 2.45) is 18.9 Å². The summed E-state index contributed by atoms with van der Waals surface area (Å²) in [7, 11) is 1.71. The number of amides is 1. The summed E-state index contributed by atoms with van der Waals surface area (Å²) in [6.07, 6.45) is 3.10. The van der Waals surface area contributed by atoms with Gasteiger partial charge < -0.3 is 15.0 Å². The second-order valence-corrected chi connectivity index (χ2v) is 8.48. The highest BCUT2D eigenvalue weighted by molar-refractivity contribution is 5.69. The maximum atomic E-state index is 12.4. The number of ether oxygens (including phenoxy) is 1. The number of hydrogen-bond donors (Lipinski definition) is 1. The average Bonchev–Trinajstić information content (AvgIpc) is 3.07. The first kappa shape index (κ1) is 18.5. The number of pyridine rings is 1. The number of piperidine rings is 1.